The number of methoxy groups -OCH3 is 2. The Balaban J connectivity index is 2.04. The van der Waals surface area contributed by atoms with Crippen molar-refractivity contribution in [3.05, 3.63) is 83.4 Å². The third kappa shape index (κ3) is 7.21. The van der Waals surface area contributed by atoms with E-state index in [0.29, 0.717) is 22.9 Å². The van der Waals surface area contributed by atoms with Crippen LogP contribution in [-0.4, -0.2) is 58.5 Å². The zero-order valence-corrected chi connectivity index (χ0v) is 23.8. The molecule has 3 rings (SSSR count). The monoisotopic (exact) mass is 573 g/mol. The molecule has 0 fully saturated rings. The van der Waals surface area contributed by atoms with Crippen LogP contribution in [0.1, 0.15) is 19.4 Å². The summed E-state index contributed by atoms with van der Waals surface area (Å²) in [5.74, 6) is -0.337. The van der Waals surface area contributed by atoms with E-state index in [-0.39, 0.29) is 28.8 Å². The van der Waals surface area contributed by atoms with Crippen molar-refractivity contribution in [2.24, 2.45) is 0 Å². The standard InChI is InChI=1S/C28H32ClN3O6S/c1-5-30-28(34)20(2)31(18-21-10-9-11-22(29)16-21)27(33)19-32(23-12-7-6-8-13-23)39(35,36)24-14-15-25(37-3)26(17-24)38-4/h6-17,20H,5,18-19H2,1-4H3,(H,30,34)/t20-/m1/s1. The highest BCUT2D eigenvalue weighted by Gasteiger charge is 2.33. The highest BCUT2D eigenvalue weighted by molar-refractivity contribution is 7.92. The number of hydrogen-bond donors (Lipinski definition) is 1. The summed E-state index contributed by atoms with van der Waals surface area (Å²) in [6.07, 6.45) is 0. The second-order valence-electron chi connectivity index (χ2n) is 8.59. The third-order valence-electron chi connectivity index (χ3n) is 6.03. The number of carbonyl (C=O) groups is 2. The van der Waals surface area contributed by atoms with Gasteiger partial charge in [0.2, 0.25) is 11.8 Å². The van der Waals surface area contributed by atoms with Crippen LogP contribution in [0.4, 0.5) is 5.69 Å². The van der Waals surface area contributed by atoms with Crippen molar-refractivity contribution in [1.82, 2.24) is 10.2 Å². The van der Waals surface area contributed by atoms with Crippen molar-refractivity contribution in [1.29, 1.82) is 0 Å². The summed E-state index contributed by atoms with van der Waals surface area (Å²) in [6, 6.07) is 18.6. The van der Waals surface area contributed by atoms with Crippen LogP contribution in [0, 0.1) is 0 Å². The summed E-state index contributed by atoms with van der Waals surface area (Å²) in [5.41, 5.74) is 0.981. The number of nitrogens with zero attached hydrogens (tertiary/aromatic N) is 2. The predicted octanol–water partition coefficient (Wildman–Crippen LogP) is 4.11. The largest absolute Gasteiger partial charge is 0.493 e. The molecule has 208 valence electrons. The molecule has 0 aromatic heterocycles. The lowest BCUT2D eigenvalue weighted by atomic mass is 10.1. The van der Waals surface area contributed by atoms with Gasteiger partial charge >= 0.3 is 0 Å². The number of ether oxygens (including phenoxy) is 2. The number of amides is 2. The molecule has 0 aliphatic rings. The number of anilines is 1. The number of rotatable bonds is 12. The first-order valence-electron chi connectivity index (χ1n) is 12.2. The second-order valence-corrected chi connectivity index (χ2v) is 10.9. The van der Waals surface area contributed by atoms with Gasteiger partial charge in [-0.25, -0.2) is 8.42 Å². The van der Waals surface area contributed by atoms with E-state index >= 15 is 0 Å². The molecule has 0 heterocycles. The van der Waals surface area contributed by atoms with E-state index < -0.39 is 28.5 Å². The minimum Gasteiger partial charge on any atom is -0.493 e. The summed E-state index contributed by atoms with van der Waals surface area (Å²) >= 11 is 6.15. The molecule has 0 aliphatic carbocycles. The zero-order chi connectivity index (χ0) is 28.6. The van der Waals surface area contributed by atoms with Crippen LogP contribution >= 0.6 is 11.6 Å². The molecule has 1 N–H and O–H groups in total. The van der Waals surface area contributed by atoms with Gasteiger partial charge in [0.15, 0.2) is 11.5 Å². The van der Waals surface area contributed by atoms with Crippen LogP contribution in [0.25, 0.3) is 0 Å². The second kappa shape index (κ2) is 13.3. The molecule has 0 spiro atoms. The Morgan fingerprint density at radius 3 is 2.26 bits per heavy atom. The number of halogens is 1. The third-order valence-corrected chi connectivity index (χ3v) is 8.03. The fourth-order valence-electron chi connectivity index (χ4n) is 3.96. The Labute approximate surface area is 234 Å². The van der Waals surface area contributed by atoms with Gasteiger partial charge in [-0.05, 0) is 55.8 Å². The van der Waals surface area contributed by atoms with Gasteiger partial charge in [-0.1, -0.05) is 41.9 Å². The van der Waals surface area contributed by atoms with Gasteiger partial charge in [-0.3, -0.25) is 13.9 Å². The van der Waals surface area contributed by atoms with Crippen LogP contribution in [0.2, 0.25) is 5.02 Å². The summed E-state index contributed by atoms with van der Waals surface area (Å²) in [5, 5.41) is 3.21. The fraction of sp³-hybridized carbons (Fsp3) is 0.286. The Kier molecular flexibility index (Phi) is 10.2. The van der Waals surface area contributed by atoms with E-state index in [9.17, 15) is 18.0 Å². The number of carbonyl (C=O) groups excluding carboxylic acids is 2. The minimum atomic E-state index is -4.25. The molecule has 2 amide bonds. The molecular weight excluding hydrogens is 542 g/mol. The quantitative estimate of drug-likeness (QED) is 0.350. The van der Waals surface area contributed by atoms with Gasteiger partial charge in [-0.15, -0.1) is 0 Å². The lowest BCUT2D eigenvalue weighted by Crippen LogP contribution is -2.51. The summed E-state index contributed by atoms with van der Waals surface area (Å²) in [7, 11) is -1.39. The van der Waals surface area contributed by atoms with Gasteiger partial charge in [0, 0.05) is 24.2 Å². The molecule has 9 nitrogen and oxygen atoms in total. The summed E-state index contributed by atoms with van der Waals surface area (Å²) in [6.45, 7) is 3.26. The average Bonchev–Trinajstić information content (AvgIpc) is 2.94. The van der Waals surface area contributed by atoms with Gasteiger partial charge < -0.3 is 19.7 Å². The molecule has 1 atom stereocenters. The molecule has 39 heavy (non-hydrogen) atoms. The molecule has 0 saturated heterocycles. The van der Waals surface area contributed by atoms with Crippen LogP contribution in [0.3, 0.4) is 0 Å². The van der Waals surface area contributed by atoms with Crippen molar-refractivity contribution in [2.45, 2.75) is 31.3 Å². The summed E-state index contributed by atoms with van der Waals surface area (Å²) in [4.78, 5) is 27.8. The van der Waals surface area contributed by atoms with Crippen molar-refractivity contribution in [3.8, 4) is 11.5 Å². The normalized spacial score (nSPS) is 11.8. The molecule has 0 aliphatic heterocycles. The van der Waals surface area contributed by atoms with Crippen LogP contribution in [0.5, 0.6) is 11.5 Å². The maximum atomic E-state index is 13.9. The molecule has 0 saturated carbocycles. The fourth-order valence-corrected chi connectivity index (χ4v) is 5.61. The smallest absolute Gasteiger partial charge is 0.264 e. The number of sulfonamides is 1. The van der Waals surface area contributed by atoms with E-state index in [0.717, 1.165) is 4.31 Å². The van der Waals surface area contributed by atoms with Crippen molar-refractivity contribution >= 4 is 39.1 Å². The first-order chi connectivity index (χ1) is 18.6. The number of nitrogens with one attached hydrogen (secondary N) is 1. The molecule has 3 aromatic carbocycles. The molecule has 0 radical (unpaired) electrons. The first-order valence-corrected chi connectivity index (χ1v) is 14.1. The number of para-hydroxylation sites is 1. The van der Waals surface area contributed by atoms with Crippen molar-refractivity contribution < 1.29 is 27.5 Å². The lowest BCUT2D eigenvalue weighted by Gasteiger charge is -2.32. The Morgan fingerprint density at radius 2 is 1.64 bits per heavy atom. The Bertz CT molecular complexity index is 1400. The topological polar surface area (TPSA) is 105 Å². The van der Waals surface area contributed by atoms with Crippen molar-refractivity contribution in [3.63, 3.8) is 0 Å². The molecule has 0 unspecified atom stereocenters. The van der Waals surface area contributed by atoms with Gasteiger partial charge in [0.05, 0.1) is 24.8 Å². The average molecular weight is 574 g/mol. The van der Waals surface area contributed by atoms with Crippen LogP contribution in [-0.2, 0) is 26.2 Å². The van der Waals surface area contributed by atoms with Gasteiger partial charge in [0.1, 0.15) is 12.6 Å². The van der Waals surface area contributed by atoms with E-state index in [1.54, 1.807) is 68.4 Å². The summed E-state index contributed by atoms with van der Waals surface area (Å²) < 4.78 is 39.4. The molecule has 0 bridgehead atoms. The van der Waals surface area contributed by atoms with Gasteiger partial charge in [0.25, 0.3) is 10.0 Å². The van der Waals surface area contributed by atoms with E-state index in [1.165, 1.54) is 37.3 Å². The molecule has 11 heteroatoms. The minimum absolute atomic E-state index is 0.0523. The zero-order valence-electron chi connectivity index (χ0n) is 22.3. The highest BCUT2D eigenvalue weighted by Crippen LogP contribution is 2.32. The predicted molar refractivity (Wildman–Crippen MR) is 151 cm³/mol. The van der Waals surface area contributed by atoms with Gasteiger partial charge in [-0.2, -0.15) is 0 Å². The highest BCUT2D eigenvalue weighted by atomic mass is 35.5. The number of likely N-dealkylation sites (N-methyl/N-ethyl adjacent to an activating group) is 1. The Hall–Kier alpha value is -3.76. The lowest BCUT2D eigenvalue weighted by molar-refractivity contribution is -0.139. The maximum absolute atomic E-state index is 13.9. The number of hydrogen-bond acceptors (Lipinski definition) is 6. The van der Waals surface area contributed by atoms with Crippen LogP contribution < -0.4 is 19.1 Å². The van der Waals surface area contributed by atoms with E-state index in [2.05, 4.69) is 5.32 Å². The number of benzene rings is 3. The first kappa shape index (κ1) is 29.8. The molecule has 3 aromatic rings. The SMILES string of the molecule is CCNC(=O)[C@@H](C)N(Cc1cccc(Cl)c1)C(=O)CN(c1ccccc1)S(=O)(=O)c1ccc(OC)c(OC)c1. The van der Waals surface area contributed by atoms with Crippen LogP contribution in [0.15, 0.2) is 77.7 Å². The van der Waals surface area contributed by atoms with Crippen molar-refractivity contribution in [2.75, 3.05) is 31.6 Å². The van der Waals surface area contributed by atoms with E-state index in [1.807, 2.05) is 0 Å². The molecular formula is C28H32ClN3O6S. The van der Waals surface area contributed by atoms with E-state index in [4.69, 9.17) is 21.1 Å². The maximum Gasteiger partial charge on any atom is 0.264 e. The Morgan fingerprint density at radius 1 is 0.949 bits per heavy atom.